The highest BCUT2D eigenvalue weighted by atomic mass is 127. The van der Waals surface area contributed by atoms with Gasteiger partial charge in [-0.05, 0) is 24.5 Å². The molecule has 1 saturated carbocycles. The number of alkyl halides is 3. The summed E-state index contributed by atoms with van der Waals surface area (Å²) in [4.78, 5) is 8.65. The van der Waals surface area contributed by atoms with E-state index in [1.807, 2.05) is 18.2 Å². The van der Waals surface area contributed by atoms with Gasteiger partial charge in [0.05, 0.1) is 5.52 Å². The van der Waals surface area contributed by atoms with E-state index in [4.69, 9.17) is 0 Å². The Labute approximate surface area is 135 Å². The highest BCUT2D eigenvalue weighted by Gasteiger charge is 2.35. The van der Waals surface area contributed by atoms with Crippen molar-refractivity contribution in [2.75, 3.05) is 5.32 Å². The van der Waals surface area contributed by atoms with Crippen LogP contribution in [-0.4, -0.2) is 21.9 Å². The van der Waals surface area contributed by atoms with Crippen molar-refractivity contribution < 1.29 is 8.78 Å². The van der Waals surface area contributed by atoms with Gasteiger partial charge >= 0.3 is 0 Å². The third kappa shape index (κ3) is 3.25. The summed E-state index contributed by atoms with van der Waals surface area (Å²) >= 11 is 2.31. The van der Waals surface area contributed by atoms with E-state index >= 15 is 0 Å². The van der Waals surface area contributed by atoms with Crippen molar-refractivity contribution in [1.82, 2.24) is 9.97 Å². The number of hydrogen-bond donors (Lipinski definition) is 1. The number of benzene rings is 1. The van der Waals surface area contributed by atoms with E-state index in [-0.39, 0.29) is 18.9 Å². The topological polar surface area (TPSA) is 37.8 Å². The quantitative estimate of drug-likeness (QED) is 0.604. The van der Waals surface area contributed by atoms with E-state index in [9.17, 15) is 8.78 Å². The lowest BCUT2D eigenvalue weighted by molar-refractivity contribution is -0.0361. The summed E-state index contributed by atoms with van der Waals surface area (Å²) in [6.07, 6.45) is 2.40. The SMILES string of the molecule is FC1(F)CCC(Nc2ncnc3c(CI)cccc23)CC1. The standard InChI is InChI=1S/C15H16F2IN3/c16-15(17)6-4-11(5-7-15)21-14-12-3-1-2-10(8-18)13(12)19-9-20-14/h1-3,9,11H,4-8H2,(H,19,20,21). The Hall–Kier alpha value is -1.05. The fourth-order valence-corrected chi connectivity index (χ4v) is 3.36. The summed E-state index contributed by atoms with van der Waals surface area (Å²) < 4.78 is 27.3. The first-order valence-corrected chi connectivity index (χ1v) is 8.54. The van der Waals surface area contributed by atoms with Gasteiger partial charge in [-0.3, -0.25) is 0 Å². The first-order valence-electron chi connectivity index (χ1n) is 7.02. The molecule has 1 N–H and O–H groups in total. The Morgan fingerprint density at radius 3 is 2.71 bits per heavy atom. The number of para-hydroxylation sites is 1. The van der Waals surface area contributed by atoms with Gasteiger partial charge in [0.2, 0.25) is 5.92 Å². The summed E-state index contributed by atoms with van der Waals surface area (Å²) in [5.41, 5.74) is 2.10. The van der Waals surface area contributed by atoms with Crippen molar-refractivity contribution in [3.63, 3.8) is 0 Å². The van der Waals surface area contributed by atoms with Crippen molar-refractivity contribution in [1.29, 1.82) is 0 Å². The number of halogens is 3. The number of fused-ring (bicyclic) bond motifs is 1. The molecular formula is C15H16F2IN3. The van der Waals surface area contributed by atoms with Crippen LogP contribution in [0.25, 0.3) is 10.9 Å². The van der Waals surface area contributed by atoms with Gasteiger partial charge in [-0.15, -0.1) is 0 Å². The van der Waals surface area contributed by atoms with E-state index in [1.54, 1.807) is 0 Å². The number of aromatic nitrogens is 2. The van der Waals surface area contributed by atoms with Crippen LogP contribution in [0.15, 0.2) is 24.5 Å². The van der Waals surface area contributed by atoms with Crippen LogP contribution in [0.4, 0.5) is 14.6 Å². The van der Waals surface area contributed by atoms with Gasteiger partial charge in [-0.1, -0.05) is 34.7 Å². The van der Waals surface area contributed by atoms with Crippen LogP contribution < -0.4 is 5.32 Å². The van der Waals surface area contributed by atoms with E-state index in [2.05, 4.69) is 37.9 Å². The largest absolute Gasteiger partial charge is 0.367 e. The second-order valence-electron chi connectivity index (χ2n) is 5.44. The highest BCUT2D eigenvalue weighted by Crippen LogP contribution is 2.34. The normalized spacial score (nSPS) is 18.8. The highest BCUT2D eigenvalue weighted by molar-refractivity contribution is 14.1. The minimum atomic E-state index is -2.50. The molecule has 1 aliphatic rings. The molecule has 3 nitrogen and oxygen atoms in total. The molecule has 0 spiro atoms. The Morgan fingerprint density at radius 1 is 1.24 bits per heavy atom. The number of nitrogens with zero attached hydrogens (tertiary/aromatic N) is 2. The molecule has 1 fully saturated rings. The van der Waals surface area contributed by atoms with Gasteiger partial charge in [-0.25, -0.2) is 18.7 Å². The molecule has 0 unspecified atom stereocenters. The van der Waals surface area contributed by atoms with Gasteiger partial charge in [0.1, 0.15) is 12.1 Å². The monoisotopic (exact) mass is 403 g/mol. The summed E-state index contributed by atoms with van der Waals surface area (Å²) in [5.74, 6) is -1.75. The molecule has 1 aliphatic carbocycles. The summed E-state index contributed by atoms with van der Waals surface area (Å²) in [6, 6.07) is 6.07. The van der Waals surface area contributed by atoms with Gasteiger partial charge in [0.25, 0.3) is 0 Å². The second-order valence-corrected chi connectivity index (χ2v) is 6.21. The average Bonchev–Trinajstić information content (AvgIpc) is 2.49. The van der Waals surface area contributed by atoms with Gasteiger partial charge in [0.15, 0.2) is 0 Å². The van der Waals surface area contributed by atoms with Crippen LogP contribution in [0.2, 0.25) is 0 Å². The van der Waals surface area contributed by atoms with E-state index in [0.717, 1.165) is 26.7 Å². The molecule has 0 saturated heterocycles. The molecule has 0 amide bonds. The molecule has 21 heavy (non-hydrogen) atoms. The Morgan fingerprint density at radius 2 is 2.00 bits per heavy atom. The Bertz CT molecular complexity index is 638. The van der Waals surface area contributed by atoms with Crippen LogP contribution in [0.5, 0.6) is 0 Å². The molecule has 6 heteroatoms. The maximum atomic E-state index is 13.2. The zero-order valence-electron chi connectivity index (χ0n) is 11.5. The maximum absolute atomic E-state index is 13.2. The van der Waals surface area contributed by atoms with Crippen molar-refractivity contribution in [3.05, 3.63) is 30.1 Å². The lowest BCUT2D eigenvalue weighted by Gasteiger charge is -2.29. The summed E-state index contributed by atoms with van der Waals surface area (Å²) in [7, 11) is 0. The smallest absolute Gasteiger partial charge is 0.248 e. The third-order valence-electron chi connectivity index (χ3n) is 3.95. The van der Waals surface area contributed by atoms with Crippen LogP contribution in [-0.2, 0) is 4.43 Å². The molecule has 1 heterocycles. The molecule has 0 aliphatic heterocycles. The second kappa shape index (κ2) is 5.98. The molecule has 2 aromatic rings. The van der Waals surface area contributed by atoms with Crippen molar-refractivity contribution in [3.8, 4) is 0 Å². The molecule has 112 valence electrons. The van der Waals surface area contributed by atoms with Crippen LogP contribution in [0.1, 0.15) is 31.2 Å². The Balaban J connectivity index is 1.85. The number of nitrogens with one attached hydrogen (secondary N) is 1. The number of hydrogen-bond acceptors (Lipinski definition) is 3. The average molecular weight is 403 g/mol. The lowest BCUT2D eigenvalue weighted by atomic mass is 9.92. The maximum Gasteiger partial charge on any atom is 0.248 e. The van der Waals surface area contributed by atoms with Crippen LogP contribution >= 0.6 is 22.6 Å². The molecule has 1 aromatic heterocycles. The van der Waals surface area contributed by atoms with Crippen LogP contribution in [0, 0.1) is 0 Å². The third-order valence-corrected chi connectivity index (χ3v) is 4.77. The van der Waals surface area contributed by atoms with E-state index in [0.29, 0.717) is 12.8 Å². The lowest BCUT2D eigenvalue weighted by Crippen LogP contribution is -2.32. The van der Waals surface area contributed by atoms with Crippen molar-refractivity contribution in [2.24, 2.45) is 0 Å². The zero-order chi connectivity index (χ0) is 14.9. The predicted octanol–water partition coefficient (Wildman–Crippen LogP) is 4.55. The summed E-state index contributed by atoms with van der Waals surface area (Å²) in [5, 5.41) is 4.29. The number of rotatable bonds is 3. The minimum absolute atomic E-state index is 0.0489. The van der Waals surface area contributed by atoms with Crippen LogP contribution in [0.3, 0.4) is 0 Å². The number of anilines is 1. The predicted molar refractivity (Wildman–Crippen MR) is 88.1 cm³/mol. The van der Waals surface area contributed by atoms with Crippen molar-refractivity contribution in [2.45, 2.75) is 42.1 Å². The zero-order valence-corrected chi connectivity index (χ0v) is 13.6. The van der Waals surface area contributed by atoms with Gasteiger partial charge < -0.3 is 5.32 Å². The minimum Gasteiger partial charge on any atom is -0.367 e. The van der Waals surface area contributed by atoms with E-state index < -0.39 is 5.92 Å². The fraction of sp³-hybridized carbons (Fsp3) is 0.467. The van der Waals surface area contributed by atoms with Gasteiger partial charge in [0, 0.05) is 28.7 Å². The van der Waals surface area contributed by atoms with Gasteiger partial charge in [-0.2, -0.15) is 0 Å². The first kappa shape index (κ1) is 14.9. The fourth-order valence-electron chi connectivity index (χ4n) is 2.75. The van der Waals surface area contributed by atoms with E-state index in [1.165, 1.54) is 6.33 Å². The molecule has 0 bridgehead atoms. The first-order chi connectivity index (χ1) is 10.1. The molecule has 0 radical (unpaired) electrons. The molecule has 1 aromatic carbocycles. The molecule has 0 atom stereocenters. The Kier molecular flexibility index (Phi) is 4.24. The molecular weight excluding hydrogens is 387 g/mol. The molecule has 3 rings (SSSR count). The van der Waals surface area contributed by atoms with Crippen molar-refractivity contribution >= 4 is 39.3 Å². The summed E-state index contributed by atoms with van der Waals surface area (Å²) in [6.45, 7) is 0.